The van der Waals surface area contributed by atoms with E-state index < -0.39 is 0 Å². The Labute approximate surface area is 79.1 Å². The molecule has 0 N–H and O–H groups in total. The van der Waals surface area contributed by atoms with Crippen molar-refractivity contribution in [3.8, 4) is 0 Å². The summed E-state index contributed by atoms with van der Waals surface area (Å²) in [5.41, 5.74) is 1.17. The van der Waals surface area contributed by atoms with Crippen molar-refractivity contribution in [3.63, 3.8) is 0 Å². The van der Waals surface area contributed by atoms with Crippen LogP contribution in [0, 0.1) is 5.92 Å². The number of rotatable bonds is 0. The zero-order valence-electron chi connectivity index (χ0n) is 8.32. The van der Waals surface area contributed by atoms with Crippen LogP contribution in [0.15, 0.2) is 12.2 Å². The zero-order chi connectivity index (χ0) is 8.69. The number of allylic oxidation sites excluding steroid dienone is 1. The van der Waals surface area contributed by atoms with Crippen LogP contribution in [0.25, 0.3) is 0 Å². The van der Waals surface area contributed by atoms with Gasteiger partial charge >= 0.3 is 0 Å². The van der Waals surface area contributed by atoms with Gasteiger partial charge in [-0.1, -0.05) is 52.0 Å². The Kier molecular flexibility index (Phi) is 10.5. The topological polar surface area (TPSA) is 0 Å². The molecule has 0 aromatic carbocycles. The van der Waals surface area contributed by atoms with Gasteiger partial charge in [0.1, 0.15) is 0 Å². The van der Waals surface area contributed by atoms with Gasteiger partial charge in [0.15, 0.2) is 0 Å². The molecule has 0 heteroatoms. The molecule has 0 amide bonds. The van der Waals surface area contributed by atoms with E-state index in [0.717, 1.165) is 5.92 Å². The first-order valence-corrected chi connectivity index (χ1v) is 4.75. The van der Waals surface area contributed by atoms with E-state index in [9.17, 15) is 0 Å². The lowest BCUT2D eigenvalue weighted by molar-refractivity contribution is 0.385. The minimum Gasteiger partial charge on any atom is -0.100 e. The lowest BCUT2D eigenvalue weighted by Crippen LogP contribution is -1.99. The van der Waals surface area contributed by atoms with Crippen LogP contribution in [0.3, 0.4) is 0 Å². The monoisotopic (exact) mass is 170 g/mol. The summed E-state index contributed by atoms with van der Waals surface area (Å²) >= 11 is 0. The van der Waals surface area contributed by atoms with Gasteiger partial charge in [-0.15, -0.1) is 6.58 Å². The molecule has 12 heavy (non-hydrogen) atoms. The van der Waals surface area contributed by atoms with Gasteiger partial charge in [-0.3, -0.25) is 0 Å². The maximum Gasteiger partial charge on any atom is -0.0443 e. The van der Waals surface area contributed by atoms with Gasteiger partial charge in [-0.05, 0) is 19.8 Å². The highest BCUT2D eigenvalue weighted by molar-refractivity contribution is 4.78. The molecule has 0 aliphatic heterocycles. The van der Waals surface area contributed by atoms with Crippen LogP contribution in [-0.2, 0) is 0 Å². The Morgan fingerprint density at radius 1 is 1.08 bits per heavy atom. The predicted octanol–water partition coefficient (Wildman–Crippen LogP) is 4.81. The summed E-state index contributed by atoms with van der Waals surface area (Å²) in [5.74, 6) is 1.04. The Bertz CT molecular complexity index is 92.6. The average molecular weight is 170 g/mol. The minimum atomic E-state index is 0. The summed E-state index contributed by atoms with van der Waals surface area (Å²) in [6, 6.07) is 0. The van der Waals surface area contributed by atoms with Crippen molar-refractivity contribution in [1.82, 2.24) is 0 Å². The van der Waals surface area contributed by atoms with Crippen LogP contribution >= 0.6 is 0 Å². The fourth-order valence-electron chi connectivity index (χ4n) is 1.31. The molecular formula is C12H26. The van der Waals surface area contributed by atoms with E-state index >= 15 is 0 Å². The van der Waals surface area contributed by atoms with Crippen molar-refractivity contribution in [2.24, 2.45) is 5.92 Å². The van der Waals surface area contributed by atoms with Crippen molar-refractivity contribution in [3.05, 3.63) is 12.2 Å². The third-order valence-corrected chi connectivity index (χ3v) is 1.89. The second kappa shape index (κ2) is 8.83. The Morgan fingerprint density at radius 2 is 1.42 bits per heavy atom. The van der Waals surface area contributed by atoms with E-state index in [1.807, 2.05) is 13.8 Å². The smallest absolute Gasteiger partial charge is 0.0443 e. The van der Waals surface area contributed by atoms with E-state index in [0.29, 0.717) is 0 Å². The Balaban J connectivity index is 0. The van der Waals surface area contributed by atoms with Gasteiger partial charge in [-0.25, -0.2) is 0 Å². The third-order valence-electron chi connectivity index (χ3n) is 1.89. The molecule has 0 radical (unpaired) electrons. The quantitative estimate of drug-likeness (QED) is 0.458. The number of hydrogen-bond donors (Lipinski definition) is 0. The first-order chi connectivity index (χ1) is 5.13. The van der Waals surface area contributed by atoms with Gasteiger partial charge in [0.25, 0.3) is 0 Å². The molecule has 0 saturated heterocycles. The summed E-state index contributed by atoms with van der Waals surface area (Å²) in [6.07, 6.45) is 7.44. The van der Waals surface area contributed by atoms with Gasteiger partial charge in [-0.2, -0.15) is 0 Å². The summed E-state index contributed by atoms with van der Waals surface area (Å²) in [5, 5.41) is 0. The molecule has 0 aromatic rings. The number of hydrogen-bond acceptors (Lipinski definition) is 0. The lowest BCUT2D eigenvalue weighted by atomic mass is 9.91. The summed E-state index contributed by atoms with van der Waals surface area (Å²) in [4.78, 5) is 0. The molecule has 74 valence electrons. The van der Waals surface area contributed by atoms with Crippen LogP contribution in [0.2, 0.25) is 0 Å². The van der Waals surface area contributed by atoms with Gasteiger partial charge in [0.2, 0.25) is 0 Å². The fraction of sp³-hybridized carbons (Fsp3) is 0.833. The molecule has 0 aromatic heterocycles. The Hall–Kier alpha value is -0.260. The van der Waals surface area contributed by atoms with Crippen LogP contribution in [-0.4, -0.2) is 0 Å². The van der Waals surface area contributed by atoms with Gasteiger partial charge < -0.3 is 0 Å². The molecule has 0 nitrogen and oxygen atoms in total. The van der Waals surface area contributed by atoms with Crippen LogP contribution < -0.4 is 0 Å². The second-order valence-electron chi connectivity index (χ2n) is 3.95. The van der Waals surface area contributed by atoms with E-state index in [1.54, 1.807) is 0 Å². The maximum absolute atomic E-state index is 3.56. The van der Waals surface area contributed by atoms with Crippen molar-refractivity contribution in [1.29, 1.82) is 0 Å². The summed E-state index contributed by atoms with van der Waals surface area (Å²) < 4.78 is 0. The molecule has 0 heterocycles. The van der Waals surface area contributed by atoms with E-state index in [2.05, 4.69) is 13.5 Å². The zero-order valence-corrected chi connectivity index (χ0v) is 8.32. The van der Waals surface area contributed by atoms with Gasteiger partial charge in [0, 0.05) is 0 Å². The highest BCUT2D eigenvalue weighted by atomic mass is 14.1. The van der Waals surface area contributed by atoms with Gasteiger partial charge in [0.05, 0.1) is 0 Å². The van der Waals surface area contributed by atoms with E-state index in [1.165, 1.54) is 37.7 Å². The van der Waals surface area contributed by atoms with Crippen molar-refractivity contribution < 1.29 is 0 Å². The molecular weight excluding hydrogens is 144 g/mol. The van der Waals surface area contributed by atoms with E-state index in [4.69, 9.17) is 0 Å². The SMILES string of the molecule is C.C=C(C)C.CC1CCCCC1. The highest BCUT2D eigenvalue weighted by Crippen LogP contribution is 2.21. The molecule has 0 spiro atoms. The summed E-state index contributed by atoms with van der Waals surface area (Å²) in [7, 11) is 0. The summed E-state index contributed by atoms with van der Waals surface area (Å²) in [6.45, 7) is 9.86. The molecule has 0 atom stereocenters. The van der Waals surface area contributed by atoms with Crippen LogP contribution in [0.4, 0.5) is 0 Å². The molecule has 1 aliphatic carbocycles. The largest absolute Gasteiger partial charge is 0.100 e. The van der Waals surface area contributed by atoms with Crippen LogP contribution in [0.5, 0.6) is 0 Å². The second-order valence-corrected chi connectivity index (χ2v) is 3.95. The Morgan fingerprint density at radius 3 is 1.58 bits per heavy atom. The molecule has 1 saturated carbocycles. The van der Waals surface area contributed by atoms with E-state index in [-0.39, 0.29) is 7.43 Å². The molecule has 0 bridgehead atoms. The first kappa shape index (κ1) is 14.3. The third kappa shape index (κ3) is 12.4. The van der Waals surface area contributed by atoms with Crippen LogP contribution in [0.1, 0.15) is 60.3 Å². The molecule has 0 unspecified atom stereocenters. The van der Waals surface area contributed by atoms with Crippen molar-refractivity contribution >= 4 is 0 Å². The average Bonchev–Trinajstić information content (AvgIpc) is 1.87. The molecule has 1 rings (SSSR count). The predicted molar refractivity (Wildman–Crippen MR) is 59.5 cm³/mol. The minimum absolute atomic E-state index is 0. The van der Waals surface area contributed by atoms with Crippen molar-refractivity contribution in [2.45, 2.75) is 60.3 Å². The lowest BCUT2D eigenvalue weighted by Gasteiger charge is -2.15. The standard InChI is InChI=1S/C7H14.C4H8.CH4/c1-7-5-3-2-4-6-7;1-4(2)3;/h7H,2-6H2,1H3;1H2,2-3H3;1H4. The highest BCUT2D eigenvalue weighted by Gasteiger charge is 2.05. The normalized spacial score (nSPS) is 16.9. The molecule has 1 fully saturated rings. The molecule has 1 aliphatic rings. The fourth-order valence-corrected chi connectivity index (χ4v) is 1.31. The maximum atomic E-state index is 3.56. The van der Waals surface area contributed by atoms with Crippen molar-refractivity contribution in [2.75, 3.05) is 0 Å². The first-order valence-electron chi connectivity index (χ1n) is 4.75.